The number of hydrogen-bond acceptors (Lipinski definition) is 7. The van der Waals surface area contributed by atoms with Crippen molar-refractivity contribution in [3.63, 3.8) is 0 Å². The Labute approximate surface area is 528 Å². The first-order valence-corrected chi connectivity index (χ1v) is 27.8. The van der Waals surface area contributed by atoms with Crippen molar-refractivity contribution < 1.29 is 53.4 Å². The number of alkyl halides is 3. The van der Waals surface area contributed by atoms with E-state index >= 15 is 0 Å². The van der Waals surface area contributed by atoms with Gasteiger partial charge in [-0.25, -0.2) is 9.97 Å². The van der Waals surface area contributed by atoms with Crippen LogP contribution >= 0.6 is 0 Å². The minimum Gasteiger partial charge on any atom is -0.662 e. The van der Waals surface area contributed by atoms with Gasteiger partial charge in [0.05, 0.1) is 11.4 Å². The van der Waals surface area contributed by atoms with Crippen LogP contribution in [0.2, 0.25) is 0 Å². The fraction of sp³-hybridized carbons (Fsp3) is 0.153. The molecule has 6 aromatic heterocycles. The third-order valence-electron chi connectivity index (χ3n) is 13.5. The summed E-state index contributed by atoms with van der Waals surface area (Å²) in [5, 5.41) is 6.47. The number of hydrogen-bond donors (Lipinski definition) is 0. The Bertz CT molecular complexity index is 3780. The predicted molar refractivity (Wildman–Crippen MR) is 330 cm³/mol. The predicted octanol–water partition coefficient (Wildman–Crippen LogP) is 17.6. The molecule has 12 aromatic rings. The number of aromatic nitrogens is 9. The summed E-state index contributed by atoms with van der Waals surface area (Å²) in [5.74, 6) is 0. The fourth-order valence-corrected chi connectivity index (χ4v) is 9.37. The Morgan fingerprint density at radius 3 is 1.34 bits per heavy atom. The van der Waals surface area contributed by atoms with Crippen LogP contribution < -0.4 is 10.1 Å². The maximum absolute atomic E-state index is 12.2. The van der Waals surface area contributed by atoms with Crippen molar-refractivity contribution in [1.29, 1.82) is 0 Å². The molecule has 0 N–H and O–H groups in total. The van der Waals surface area contributed by atoms with Crippen LogP contribution in [0, 0.1) is 12.1 Å². The van der Waals surface area contributed by atoms with E-state index in [2.05, 4.69) is 195 Å². The van der Waals surface area contributed by atoms with Gasteiger partial charge >= 0.3 is 6.18 Å². The quantitative estimate of drug-likeness (QED) is 0.110. The SMILES string of the molecule is CC(C)(C)c1c[n-]c(-c2ccccn2)c1.CCCc1cccc(CCC)c1-c1cc(-c2[c-]cccc2)ncn1.FC(F)(F)c1cc(-c2ccccn2)[n-]n1.[Ir].[Ir].[c-]1ccccc1-c1cc(-c2c(-c3ccccc3)cccc2-c2ccccc2)ncn1. The summed E-state index contributed by atoms with van der Waals surface area (Å²) in [4.78, 5) is 30.8. The van der Waals surface area contributed by atoms with Gasteiger partial charge in [0.15, 0.2) is 0 Å². The first-order chi connectivity index (χ1) is 40.9. The molecule has 14 heteroatoms. The molecule has 86 heavy (non-hydrogen) atoms. The van der Waals surface area contributed by atoms with E-state index in [4.69, 9.17) is 0 Å². The molecule has 6 aromatic carbocycles. The van der Waals surface area contributed by atoms with E-state index in [1.165, 1.54) is 28.5 Å². The van der Waals surface area contributed by atoms with Crippen molar-refractivity contribution in [2.45, 2.75) is 71.9 Å². The molecule has 0 amide bonds. The molecule has 0 unspecified atom stereocenters. The molecule has 0 aliphatic carbocycles. The number of pyridine rings is 2. The first-order valence-electron chi connectivity index (χ1n) is 27.8. The zero-order valence-corrected chi connectivity index (χ0v) is 53.0. The normalized spacial score (nSPS) is 10.8. The van der Waals surface area contributed by atoms with Crippen LogP contribution in [0.5, 0.6) is 0 Å². The molecule has 0 saturated carbocycles. The van der Waals surface area contributed by atoms with Crippen LogP contribution in [-0.4, -0.2) is 35.0 Å². The maximum atomic E-state index is 12.2. The van der Waals surface area contributed by atoms with Crippen molar-refractivity contribution >= 4 is 0 Å². The summed E-state index contributed by atoms with van der Waals surface area (Å²) in [7, 11) is 0. The van der Waals surface area contributed by atoms with Gasteiger partial charge in [-0.15, -0.1) is 77.5 Å². The van der Waals surface area contributed by atoms with Crippen LogP contribution in [0.1, 0.15) is 69.8 Å². The van der Waals surface area contributed by atoms with E-state index in [0.29, 0.717) is 5.69 Å². The molecular formula is C72H62F3Ir2N9-4. The summed E-state index contributed by atoms with van der Waals surface area (Å²) < 4.78 is 36.6. The smallest absolute Gasteiger partial charge is 0.431 e. The maximum Gasteiger partial charge on any atom is 0.431 e. The van der Waals surface area contributed by atoms with Gasteiger partial charge in [0.1, 0.15) is 18.3 Å². The molecular weight excluding hydrogens is 1430 g/mol. The number of halogens is 3. The topological polar surface area (TPSA) is 118 Å². The minimum atomic E-state index is -4.46. The van der Waals surface area contributed by atoms with Crippen molar-refractivity contribution in [3.8, 4) is 90.1 Å². The van der Waals surface area contributed by atoms with Gasteiger partial charge in [-0.1, -0.05) is 186 Å². The van der Waals surface area contributed by atoms with E-state index in [-0.39, 0.29) is 51.3 Å². The van der Waals surface area contributed by atoms with E-state index in [1.54, 1.807) is 37.1 Å². The average Bonchev–Trinajstić information content (AvgIpc) is 2.05. The van der Waals surface area contributed by atoms with Gasteiger partial charge in [-0.3, -0.25) is 19.9 Å². The molecule has 9 nitrogen and oxygen atoms in total. The molecule has 0 spiro atoms. The Morgan fingerprint density at radius 1 is 0.442 bits per heavy atom. The zero-order chi connectivity index (χ0) is 58.7. The van der Waals surface area contributed by atoms with Gasteiger partial charge in [0.25, 0.3) is 0 Å². The standard InChI is InChI=1S/C28H19N2.C22H23N2.C13H15N2.C9H5F3N3.2Ir/c1-4-11-21(12-5-1)24-17-10-18-25(22-13-6-2-7-14-22)28(24)27-19-26(29-20-30-27)23-15-8-3-9-16-23;1-3-9-18-13-8-14-19(10-4-2)22(18)21-15-20(23-16-24-21)17-11-6-5-7-12-17;1-13(2,3)10-8-12(15-9-10)11-6-4-5-7-14-11;10-9(11,12)8-5-7(14-15-8)6-3-1-2-4-13-6;;/h1-15,17-20H;5-8,11,13-16H,3-4,9-10H2,1-2H3;4-9H,1-3H3;1-5H;;/q4*-1;;. The Balaban J connectivity index is 0.000000170. The number of rotatable bonds is 12. The molecule has 2 radical (unpaired) electrons. The van der Waals surface area contributed by atoms with Gasteiger partial charge in [0.2, 0.25) is 0 Å². The molecule has 12 rings (SSSR count). The van der Waals surface area contributed by atoms with Gasteiger partial charge in [0, 0.05) is 75.1 Å². The van der Waals surface area contributed by atoms with Crippen molar-refractivity contribution in [1.82, 2.24) is 45.1 Å². The van der Waals surface area contributed by atoms with Crippen LogP contribution in [0.15, 0.2) is 238 Å². The van der Waals surface area contributed by atoms with Crippen LogP contribution in [-0.2, 0) is 64.6 Å². The van der Waals surface area contributed by atoms with Crippen molar-refractivity contribution in [2.24, 2.45) is 0 Å². The second-order valence-electron chi connectivity index (χ2n) is 20.6. The van der Waals surface area contributed by atoms with E-state index in [1.807, 2.05) is 85.1 Å². The molecule has 0 saturated heterocycles. The average molecular weight is 1490 g/mol. The largest absolute Gasteiger partial charge is 0.662 e. The van der Waals surface area contributed by atoms with E-state index in [9.17, 15) is 13.2 Å². The number of nitrogens with zero attached hydrogens (tertiary/aromatic N) is 9. The summed E-state index contributed by atoms with van der Waals surface area (Å²) in [6, 6.07) is 74.3. The summed E-state index contributed by atoms with van der Waals surface area (Å²) in [5.41, 5.74) is 18.3. The first kappa shape index (κ1) is 64.9. The molecule has 0 aliphatic rings. The Kier molecular flexibility index (Phi) is 23.8. The summed E-state index contributed by atoms with van der Waals surface area (Å²) >= 11 is 0. The molecule has 438 valence electrons. The minimum absolute atomic E-state index is 0. The van der Waals surface area contributed by atoms with Crippen LogP contribution in [0.25, 0.3) is 90.1 Å². The molecule has 6 heterocycles. The van der Waals surface area contributed by atoms with Crippen molar-refractivity contribution in [2.75, 3.05) is 0 Å². The molecule has 0 atom stereocenters. The third kappa shape index (κ3) is 17.3. The van der Waals surface area contributed by atoms with Crippen LogP contribution in [0.4, 0.5) is 13.2 Å². The van der Waals surface area contributed by atoms with E-state index < -0.39 is 11.9 Å². The fourth-order valence-electron chi connectivity index (χ4n) is 9.37. The molecule has 0 fully saturated rings. The second-order valence-corrected chi connectivity index (χ2v) is 20.6. The number of benzene rings is 6. The second kappa shape index (κ2) is 31.5. The number of aryl methyl sites for hydroxylation is 2. The van der Waals surface area contributed by atoms with Crippen LogP contribution in [0.3, 0.4) is 0 Å². The Hall–Kier alpha value is -8.64. The summed E-state index contributed by atoms with van der Waals surface area (Å²) in [6.45, 7) is 11.0. The van der Waals surface area contributed by atoms with Crippen molar-refractivity contribution in [3.05, 3.63) is 272 Å². The monoisotopic (exact) mass is 1500 g/mol. The van der Waals surface area contributed by atoms with E-state index in [0.717, 1.165) is 105 Å². The zero-order valence-electron chi connectivity index (χ0n) is 48.2. The van der Waals surface area contributed by atoms with Gasteiger partial charge in [-0.2, -0.15) is 19.4 Å². The molecule has 0 aliphatic heterocycles. The summed E-state index contributed by atoms with van der Waals surface area (Å²) in [6.07, 6.45) is 8.47. The Morgan fingerprint density at radius 2 is 0.907 bits per heavy atom. The van der Waals surface area contributed by atoms with Gasteiger partial charge in [-0.05, 0) is 93.4 Å². The third-order valence-corrected chi connectivity index (χ3v) is 13.5. The molecule has 0 bridgehead atoms. The van der Waals surface area contributed by atoms with Gasteiger partial charge < -0.3 is 15.2 Å².